The van der Waals surface area contributed by atoms with Crippen LogP contribution in [0.2, 0.25) is 0 Å². The number of nitrogens with one attached hydrogen (secondary N) is 1. The standard InChI is InChI=1S/C16H22FN3/c1-5-16-15(10-20(4)19-16)14-9-12(17)7-8-13(14)11(3)18-6-2/h7-11,18H,5-6H2,1-4H3. The highest BCUT2D eigenvalue weighted by atomic mass is 19.1. The molecule has 0 amide bonds. The van der Waals surface area contributed by atoms with Crippen LogP contribution < -0.4 is 5.32 Å². The van der Waals surface area contributed by atoms with Crippen molar-refractivity contribution >= 4 is 0 Å². The van der Waals surface area contributed by atoms with Crippen molar-refractivity contribution in [3.63, 3.8) is 0 Å². The fourth-order valence-corrected chi connectivity index (χ4v) is 2.58. The van der Waals surface area contributed by atoms with Gasteiger partial charge in [0.2, 0.25) is 0 Å². The van der Waals surface area contributed by atoms with Gasteiger partial charge >= 0.3 is 0 Å². The molecule has 0 aliphatic carbocycles. The smallest absolute Gasteiger partial charge is 0.123 e. The maximum absolute atomic E-state index is 13.7. The van der Waals surface area contributed by atoms with Crippen molar-refractivity contribution in [2.24, 2.45) is 7.05 Å². The Hall–Kier alpha value is -1.68. The Morgan fingerprint density at radius 3 is 2.70 bits per heavy atom. The Bertz CT molecular complexity index is 589. The van der Waals surface area contributed by atoms with Crippen molar-refractivity contribution in [1.29, 1.82) is 0 Å². The first kappa shape index (κ1) is 14.7. The average Bonchev–Trinajstić information content (AvgIpc) is 2.80. The van der Waals surface area contributed by atoms with Crippen LogP contribution in [0, 0.1) is 5.82 Å². The molecule has 1 N–H and O–H groups in total. The molecule has 20 heavy (non-hydrogen) atoms. The van der Waals surface area contributed by atoms with Gasteiger partial charge in [0.15, 0.2) is 0 Å². The minimum absolute atomic E-state index is 0.181. The van der Waals surface area contributed by atoms with E-state index in [2.05, 4.69) is 31.2 Å². The Morgan fingerprint density at radius 2 is 2.05 bits per heavy atom. The van der Waals surface area contributed by atoms with Gasteiger partial charge in [0.1, 0.15) is 5.82 Å². The van der Waals surface area contributed by atoms with Gasteiger partial charge in [-0.25, -0.2) is 4.39 Å². The van der Waals surface area contributed by atoms with E-state index in [1.807, 2.05) is 19.3 Å². The first-order valence-electron chi connectivity index (χ1n) is 7.12. The zero-order valence-electron chi connectivity index (χ0n) is 12.6. The topological polar surface area (TPSA) is 29.9 Å². The van der Waals surface area contributed by atoms with Crippen LogP contribution in [0.3, 0.4) is 0 Å². The van der Waals surface area contributed by atoms with E-state index in [-0.39, 0.29) is 11.9 Å². The van der Waals surface area contributed by atoms with E-state index >= 15 is 0 Å². The second-order valence-corrected chi connectivity index (χ2v) is 5.03. The molecule has 1 atom stereocenters. The van der Waals surface area contributed by atoms with E-state index < -0.39 is 0 Å². The Morgan fingerprint density at radius 1 is 1.30 bits per heavy atom. The number of aromatic nitrogens is 2. The second kappa shape index (κ2) is 6.18. The van der Waals surface area contributed by atoms with Gasteiger partial charge in [-0.15, -0.1) is 0 Å². The third-order valence-electron chi connectivity index (χ3n) is 3.52. The Labute approximate surface area is 119 Å². The molecule has 0 aliphatic heterocycles. The van der Waals surface area contributed by atoms with Crippen LogP contribution in [0.25, 0.3) is 11.1 Å². The van der Waals surface area contributed by atoms with E-state index in [0.717, 1.165) is 35.3 Å². The first-order chi connectivity index (χ1) is 9.56. The average molecular weight is 275 g/mol. The number of hydrogen-bond acceptors (Lipinski definition) is 2. The maximum Gasteiger partial charge on any atom is 0.123 e. The summed E-state index contributed by atoms with van der Waals surface area (Å²) >= 11 is 0. The highest BCUT2D eigenvalue weighted by Crippen LogP contribution is 2.31. The van der Waals surface area contributed by atoms with Crippen LogP contribution in [-0.4, -0.2) is 16.3 Å². The number of halogens is 1. The van der Waals surface area contributed by atoms with Gasteiger partial charge in [-0.2, -0.15) is 5.10 Å². The number of benzene rings is 1. The van der Waals surface area contributed by atoms with Crippen LogP contribution in [0.4, 0.5) is 4.39 Å². The summed E-state index contributed by atoms with van der Waals surface area (Å²) in [6.45, 7) is 7.12. The molecule has 0 fully saturated rings. The molecule has 2 aromatic rings. The maximum atomic E-state index is 13.7. The molecule has 0 radical (unpaired) electrons. The highest BCUT2D eigenvalue weighted by Gasteiger charge is 2.16. The van der Waals surface area contributed by atoms with Crippen molar-refractivity contribution in [1.82, 2.24) is 15.1 Å². The Kier molecular flexibility index (Phi) is 4.55. The third-order valence-corrected chi connectivity index (χ3v) is 3.52. The molecule has 1 heterocycles. The fraction of sp³-hybridized carbons (Fsp3) is 0.438. The quantitative estimate of drug-likeness (QED) is 0.905. The summed E-state index contributed by atoms with van der Waals surface area (Å²) in [5, 5.41) is 7.84. The summed E-state index contributed by atoms with van der Waals surface area (Å²) in [4.78, 5) is 0. The molecular weight excluding hydrogens is 253 g/mol. The van der Waals surface area contributed by atoms with Gasteiger partial charge in [0.05, 0.1) is 5.69 Å². The minimum atomic E-state index is -0.210. The second-order valence-electron chi connectivity index (χ2n) is 5.03. The van der Waals surface area contributed by atoms with Crippen LogP contribution in [0.1, 0.15) is 38.1 Å². The van der Waals surface area contributed by atoms with Crippen molar-refractivity contribution in [2.45, 2.75) is 33.2 Å². The monoisotopic (exact) mass is 275 g/mol. The first-order valence-corrected chi connectivity index (χ1v) is 7.12. The third kappa shape index (κ3) is 2.90. The largest absolute Gasteiger partial charge is 0.310 e. The van der Waals surface area contributed by atoms with E-state index in [9.17, 15) is 4.39 Å². The molecule has 0 bridgehead atoms. The summed E-state index contributed by atoms with van der Waals surface area (Å²) in [6.07, 6.45) is 2.80. The van der Waals surface area contributed by atoms with Crippen LogP contribution in [-0.2, 0) is 13.5 Å². The van der Waals surface area contributed by atoms with E-state index in [0.29, 0.717) is 0 Å². The molecule has 0 aliphatic rings. The van der Waals surface area contributed by atoms with E-state index in [4.69, 9.17) is 0 Å². The number of rotatable bonds is 5. The lowest BCUT2D eigenvalue weighted by atomic mass is 9.95. The predicted molar refractivity (Wildman–Crippen MR) is 80.1 cm³/mol. The molecule has 4 heteroatoms. The van der Waals surface area contributed by atoms with Crippen molar-refractivity contribution in [2.75, 3.05) is 6.54 Å². The predicted octanol–water partition coefficient (Wildman–Crippen LogP) is 3.46. The summed E-state index contributed by atoms with van der Waals surface area (Å²) in [7, 11) is 1.90. The molecule has 1 unspecified atom stereocenters. The fourth-order valence-electron chi connectivity index (χ4n) is 2.58. The zero-order valence-corrected chi connectivity index (χ0v) is 12.6. The van der Waals surface area contributed by atoms with Crippen molar-refractivity contribution < 1.29 is 4.39 Å². The highest BCUT2D eigenvalue weighted by molar-refractivity contribution is 5.69. The van der Waals surface area contributed by atoms with Gasteiger partial charge in [-0.1, -0.05) is 19.9 Å². The van der Waals surface area contributed by atoms with Gasteiger partial charge < -0.3 is 5.32 Å². The lowest BCUT2D eigenvalue weighted by Crippen LogP contribution is -2.18. The van der Waals surface area contributed by atoms with Gasteiger partial charge in [-0.3, -0.25) is 4.68 Å². The van der Waals surface area contributed by atoms with Gasteiger partial charge in [0, 0.05) is 24.8 Å². The Balaban J connectivity index is 2.56. The SMILES string of the molecule is CCNC(C)c1ccc(F)cc1-c1cn(C)nc1CC. The molecule has 108 valence electrons. The van der Waals surface area contributed by atoms with Gasteiger partial charge in [0.25, 0.3) is 0 Å². The van der Waals surface area contributed by atoms with Crippen LogP contribution in [0.5, 0.6) is 0 Å². The summed E-state index contributed by atoms with van der Waals surface area (Å²) < 4.78 is 15.5. The van der Waals surface area contributed by atoms with E-state index in [1.54, 1.807) is 10.7 Å². The molecule has 1 aromatic carbocycles. The molecule has 0 spiro atoms. The summed E-state index contributed by atoms with van der Waals surface area (Å²) in [5.74, 6) is -0.210. The zero-order chi connectivity index (χ0) is 14.7. The summed E-state index contributed by atoms with van der Waals surface area (Å²) in [6, 6.07) is 5.18. The lowest BCUT2D eigenvalue weighted by Gasteiger charge is -2.17. The molecular formula is C16H22FN3. The molecule has 0 saturated heterocycles. The number of aryl methyl sites for hydroxylation is 2. The molecule has 3 nitrogen and oxygen atoms in total. The van der Waals surface area contributed by atoms with Crippen molar-refractivity contribution in [3.8, 4) is 11.1 Å². The normalized spacial score (nSPS) is 12.7. The van der Waals surface area contributed by atoms with Crippen LogP contribution >= 0.6 is 0 Å². The molecule has 2 rings (SSSR count). The molecule has 0 saturated carbocycles. The van der Waals surface area contributed by atoms with Crippen molar-refractivity contribution in [3.05, 3.63) is 41.5 Å². The number of nitrogens with zero attached hydrogens (tertiary/aromatic N) is 2. The van der Waals surface area contributed by atoms with E-state index in [1.165, 1.54) is 6.07 Å². The number of hydrogen-bond donors (Lipinski definition) is 1. The summed E-state index contributed by atoms with van der Waals surface area (Å²) in [5.41, 5.74) is 4.07. The lowest BCUT2D eigenvalue weighted by molar-refractivity contribution is 0.593. The van der Waals surface area contributed by atoms with Gasteiger partial charge in [-0.05, 0) is 43.1 Å². The van der Waals surface area contributed by atoms with Crippen LogP contribution in [0.15, 0.2) is 24.4 Å². The molecule has 1 aromatic heterocycles. The minimum Gasteiger partial charge on any atom is -0.310 e.